The van der Waals surface area contributed by atoms with Gasteiger partial charge < -0.3 is 15.2 Å². The van der Waals surface area contributed by atoms with Crippen LogP contribution in [0.1, 0.15) is 32.6 Å². The molecule has 0 fully saturated rings. The number of nitrogens with one attached hydrogen (secondary N) is 1. The number of methoxy groups -OCH3 is 1. The lowest BCUT2D eigenvalue weighted by Crippen LogP contribution is -2.52. The van der Waals surface area contributed by atoms with Crippen molar-refractivity contribution >= 4 is 11.9 Å². The summed E-state index contributed by atoms with van der Waals surface area (Å²) in [6, 6.07) is 0. The van der Waals surface area contributed by atoms with Gasteiger partial charge in [0.2, 0.25) is 5.91 Å². The smallest absolute Gasteiger partial charge is 0.305 e. The number of hydrogen-bond donors (Lipinski definition) is 2. The van der Waals surface area contributed by atoms with Crippen molar-refractivity contribution in [2.75, 3.05) is 13.7 Å². The topological polar surface area (TPSA) is 75.6 Å². The van der Waals surface area contributed by atoms with Crippen LogP contribution >= 0.6 is 0 Å². The second-order valence-corrected chi connectivity index (χ2v) is 5.03. The number of carbonyl (C=O) groups excluding carboxylic acids is 1. The minimum atomic E-state index is -0.946. The number of carbonyl (C=O) groups is 2. The third-order valence-corrected chi connectivity index (χ3v) is 3.07. The van der Waals surface area contributed by atoms with Gasteiger partial charge in [-0.3, -0.25) is 9.59 Å². The predicted molar refractivity (Wildman–Crippen MR) is 67.2 cm³/mol. The third kappa shape index (κ3) is 4.49. The quantitative estimate of drug-likeness (QED) is 0.702. The summed E-state index contributed by atoms with van der Waals surface area (Å²) < 4.78 is 5.00. The zero-order chi connectivity index (χ0) is 13.6. The Labute approximate surface area is 107 Å². The maximum atomic E-state index is 12.1. The molecule has 0 heterocycles. The number of aliphatic carboxylic acids is 1. The number of ether oxygens (including phenoxy) is 1. The van der Waals surface area contributed by atoms with E-state index in [0.29, 0.717) is 0 Å². The fourth-order valence-electron chi connectivity index (χ4n) is 2.21. The van der Waals surface area contributed by atoms with Crippen LogP contribution in [-0.2, 0) is 14.3 Å². The van der Waals surface area contributed by atoms with Crippen LogP contribution in [0.2, 0.25) is 0 Å². The van der Waals surface area contributed by atoms with Gasteiger partial charge in [-0.05, 0) is 26.2 Å². The summed E-state index contributed by atoms with van der Waals surface area (Å²) in [6.45, 7) is 1.88. The number of hydrogen-bond acceptors (Lipinski definition) is 3. The van der Waals surface area contributed by atoms with Gasteiger partial charge in [-0.2, -0.15) is 0 Å². The van der Waals surface area contributed by atoms with Crippen LogP contribution < -0.4 is 5.32 Å². The van der Waals surface area contributed by atoms with Gasteiger partial charge in [0, 0.05) is 13.0 Å². The Morgan fingerprint density at radius 1 is 1.50 bits per heavy atom. The summed E-state index contributed by atoms with van der Waals surface area (Å²) in [7, 11) is 1.50. The first-order valence-electron chi connectivity index (χ1n) is 6.14. The second kappa shape index (κ2) is 6.54. The van der Waals surface area contributed by atoms with E-state index in [4.69, 9.17) is 9.84 Å². The van der Waals surface area contributed by atoms with Crippen molar-refractivity contribution in [3.8, 4) is 0 Å². The predicted octanol–water partition coefficient (Wildman–Crippen LogP) is 1.34. The molecule has 102 valence electrons. The maximum Gasteiger partial charge on any atom is 0.305 e. The normalized spacial score (nSPS) is 22.2. The molecule has 1 aliphatic carbocycles. The number of carboxylic acids is 1. The first kappa shape index (κ1) is 14.7. The highest BCUT2D eigenvalue weighted by molar-refractivity contribution is 5.80. The molecule has 18 heavy (non-hydrogen) atoms. The molecule has 0 spiro atoms. The van der Waals surface area contributed by atoms with Gasteiger partial charge in [0.05, 0.1) is 18.6 Å². The molecule has 0 bridgehead atoms. The van der Waals surface area contributed by atoms with E-state index in [-0.39, 0.29) is 24.9 Å². The van der Waals surface area contributed by atoms with Crippen molar-refractivity contribution in [3.05, 3.63) is 12.2 Å². The summed E-state index contributed by atoms with van der Waals surface area (Å²) in [4.78, 5) is 22.9. The van der Waals surface area contributed by atoms with Crippen LogP contribution in [0.15, 0.2) is 12.2 Å². The third-order valence-electron chi connectivity index (χ3n) is 3.07. The number of amides is 1. The summed E-state index contributed by atoms with van der Waals surface area (Å²) in [5.41, 5.74) is -0.848. The molecule has 5 nitrogen and oxygen atoms in total. The molecule has 1 amide bonds. The number of rotatable bonds is 6. The van der Waals surface area contributed by atoms with E-state index < -0.39 is 11.5 Å². The molecule has 0 saturated heterocycles. The molecule has 2 N–H and O–H groups in total. The van der Waals surface area contributed by atoms with E-state index in [9.17, 15) is 9.59 Å². The summed E-state index contributed by atoms with van der Waals surface area (Å²) in [6.07, 6.45) is 6.36. The molecule has 0 aliphatic heterocycles. The Morgan fingerprint density at radius 2 is 2.22 bits per heavy atom. The molecule has 2 unspecified atom stereocenters. The highest BCUT2D eigenvalue weighted by atomic mass is 16.5. The van der Waals surface area contributed by atoms with E-state index >= 15 is 0 Å². The molecule has 0 radical (unpaired) electrons. The lowest BCUT2D eigenvalue weighted by molar-refractivity contribution is -0.140. The minimum absolute atomic E-state index is 0.0556. The van der Waals surface area contributed by atoms with Crippen LogP contribution in [0.5, 0.6) is 0 Å². The van der Waals surface area contributed by atoms with E-state index in [1.807, 2.05) is 6.08 Å². The van der Waals surface area contributed by atoms with Gasteiger partial charge >= 0.3 is 5.97 Å². The van der Waals surface area contributed by atoms with Crippen molar-refractivity contribution in [1.29, 1.82) is 0 Å². The van der Waals surface area contributed by atoms with Gasteiger partial charge in [0.1, 0.15) is 0 Å². The second-order valence-electron chi connectivity index (χ2n) is 5.03. The first-order chi connectivity index (χ1) is 8.47. The summed E-state index contributed by atoms with van der Waals surface area (Å²) in [5, 5.41) is 11.7. The van der Waals surface area contributed by atoms with Crippen LogP contribution in [-0.4, -0.2) is 36.2 Å². The molecule has 1 aliphatic rings. The zero-order valence-corrected chi connectivity index (χ0v) is 10.9. The van der Waals surface area contributed by atoms with Gasteiger partial charge in [-0.15, -0.1) is 0 Å². The van der Waals surface area contributed by atoms with Crippen LogP contribution in [0.4, 0.5) is 0 Å². The molecule has 2 atom stereocenters. The fraction of sp³-hybridized carbons (Fsp3) is 0.692. The Hall–Kier alpha value is -1.36. The number of allylic oxidation sites excluding steroid dienone is 2. The Balaban J connectivity index is 2.61. The lowest BCUT2D eigenvalue weighted by atomic mass is 9.91. The molecule has 0 aromatic carbocycles. The van der Waals surface area contributed by atoms with Crippen molar-refractivity contribution in [2.24, 2.45) is 5.92 Å². The first-order valence-corrected chi connectivity index (χ1v) is 6.14. The standard InChI is InChI=1S/C13H21NO4/c1-13(9-18-2,8-11(15)16)14-12(17)10-6-4-3-5-7-10/h3-4,10H,5-9H2,1-2H3,(H,14,17)(H,15,16). The van der Waals surface area contributed by atoms with Crippen LogP contribution in [0.25, 0.3) is 0 Å². The molecule has 0 saturated carbocycles. The van der Waals surface area contributed by atoms with Crippen molar-refractivity contribution in [2.45, 2.75) is 38.1 Å². The molecule has 5 heteroatoms. The van der Waals surface area contributed by atoms with Crippen LogP contribution in [0.3, 0.4) is 0 Å². The van der Waals surface area contributed by atoms with Gasteiger partial charge in [-0.25, -0.2) is 0 Å². The molecular formula is C13H21NO4. The van der Waals surface area contributed by atoms with Gasteiger partial charge in [0.15, 0.2) is 0 Å². The van der Waals surface area contributed by atoms with Crippen molar-refractivity contribution in [3.63, 3.8) is 0 Å². The van der Waals surface area contributed by atoms with Crippen molar-refractivity contribution in [1.82, 2.24) is 5.32 Å². The van der Waals surface area contributed by atoms with Crippen LogP contribution in [0, 0.1) is 5.92 Å². The molecular weight excluding hydrogens is 234 g/mol. The minimum Gasteiger partial charge on any atom is -0.481 e. The average Bonchev–Trinajstić information content (AvgIpc) is 2.28. The Kier molecular flexibility index (Phi) is 5.34. The largest absolute Gasteiger partial charge is 0.481 e. The Morgan fingerprint density at radius 3 is 2.72 bits per heavy atom. The molecule has 0 aromatic rings. The van der Waals surface area contributed by atoms with E-state index in [1.165, 1.54) is 7.11 Å². The van der Waals surface area contributed by atoms with E-state index in [1.54, 1.807) is 6.92 Å². The monoisotopic (exact) mass is 255 g/mol. The molecule has 1 rings (SSSR count). The van der Waals surface area contributed by atoms with E-state index in [2.05, 4.69) is 11.4 Å². The summed E-state index contributed by atoms with van der Waals surface area (Å²) in [5.74, 6) is -1.08. The maximum absolute atomic E-state index is 12.1. The van der Waals surface area contributed by atoms with Crippen molar-refractivity contribution < 1.29 is 19.4 Å². The van der Waals surface area contributed by atoms with Gasteiger partial charge in [-0.1, -0.05) is 12.2 Å². The SMILES string of the molecule is COCC(C)(CC(=O)O)NC(=O)C1CC=CCC1. The van der Waals surface area contributed by atoms with E-state index in [0.717, 1.165) is 19.3 Å². The fourth-order valence-corrected chi connectivity index (χ4v) is 2.21. The summed E-state index contributed by atoms with van der Waals surface area (Å²) >= 11 is 0. The zero-order valence-electron chi connectivity index (χ0n) is 10.9. The Bertz CT molecular complexity index is 340. The molecule has 0 aromatic heterocycles. The van der Waals surface area contributed by atoms with Gasteiger partial charge in [0.25, 0.3) is 0 Å². The number of carboxylic acid groups (broad SMARTS) is 1. The lowest BCUT2D eigenvalue weighted by Gasteiger charge is -2.30. The highest BCUT2D eigenvalue weighted by Gasteiger charge is 2.32. The highest BCUT2D eigenvalue weighted by Crippen LogP contribution is 2.20. The average molecular weight is 255 g/mol.